The highest BCUT2D eigenvalue weighted by molar-refractivity contribution is 7.99. The van der Waals surface area contributed by atoms with Crippen molar-refractivity contribution in [3.8, 4) is 0 Å². The largest absolute Gasteiger partial charge is 0.389 e. The molecule has 14 heavy (non-hydrogen) atoms. The van der Waals surface area contributed by atoms with Crippen LogP contribution in [0.4, 0.5) is 0 Å². The zero-order chi connectivity index (χ0) is 10.4. The quantitative estimate of drug-likeness (QED) is 0.739. The Morgan fingerprint density at radius 2 is 1.86 bits per heavy atom. The number of aliphatic hydroxyl groups is 1. The van der Waals surface area contributed by atoms with Crippen molar-refractivity contribution in [1.29, 1.82) is 0 Å². The van der Waals surface area contributed by atoms with E-state index in [1.54, 1.807) is 0 Å². The molecule has 0 aromatic carbocycles. The molecule has 0 bridgehead atoms. The molecule has 0 spiro atoms. The summed E-state index contributed by atoms with van der Waals surface area (Å²) in [6.07, 6.45) is 4.21. The zero-order valence-corrected chi connectivity index (χ0v) is 10.2. The molecule has 1 heterocycles. The average molecular weight is 217 g/mol. The predicted molar refractivity (Wildman–Crippen MR) is 63.9 cm³/mol. The van der Waals surface area contributed by atoms with Crippen LogP contribution in [0.25, 0.3) is 0 Å². The maximum atomic E-state index is 10.2. The fraction of sp³-hybridized carbons (Fsp3) is 1.00. The van der Waals surface area contributed by atoms with Gasteiger partial charge in [-0.3, -0.25) is 0 Å². The SMILES string of the molecule is CCC(CC)NCC1(O)CCSCC1. The van der Waals surface area contributed by atoms with Crippen molar-refractivity contribution in [2.45, 2.75) is 51.2 Å². The molecule has 84 valence electrons. The van der Waals surface area contributed by atoms with Gasteiger partial charge in [0.15, 0.2) is 0 Å². The zero-order valence-electron chi connectivity index (χ0n) is 9.38. The van der Waals surface area contributed by atoms with Crippen LogP contribution in [0.3, 0.4) is 0 Å². The van der Waals surface area contributed by atoms with Gasteiger partial charge in [-0.15, -0.1) is 0 Å². The second kappa shape index (κ2) is 5.99. The summed E-state index contributed by atoms with van der Waals surface area (Å²) >= 11 is 1.96. The molecule has 1 aliphatic heterocycles. The Labute approximate surface area is 91.9 Å². The molecule has 0 unspecified atom stereocenters. The monoisotopic (exact) mass is 217 g/mol. The molecule has 1 aliphatic rings. The summed E-state index contributed by atoms with van der Waals surface area (Å²) in [5.74, 6) is 2.22. The lowest BCUT2D eigenvalue weighted by atomic mass is 9.96. The summed E-state index contributed by atoms with van der Waals surface area (Å²) in [4.78, 5) is 0. The molecule has 0 amide bonds. The van der Waals surface area contributed by atoms with E-state index in [-0.39, 0.29) is 0 Å². The molecule has 1 fully saturated rings. The van der Waals surface area contributed by atoms with Crippen LogP contribution in [-0.2, 0) is 0 Å². The topological polar surface area (TPSA) is 32.3 Å². The molecule has 3 heteroatoms. The van der Waals surface area contributed by atoms with Gasteiger partial charge in [0, 0.05) is 12.6 Å². The highest BCUT2D eigenvalue weighted by Crippen LogP contribution is 2.26. The molecule has 0 atom stereocenters. The van der Waals surface area contributed by atoms with E-state index in [9.17, 15) is 5.11 Å². The van der Waals surface area contributed by atoms with E-state index in [0.717, 1.165) is 43.7 Å². The first-order valence-corrected chi connectivity index (χ1v) is 6.89. The van der Waals surface area contributed by atoms with E-state index in [2.05, 4.69) is 19.2 Å². The van der Waals surface area contributed by atoms with Crippen LogP contribution >= 0.6 is 11.8 Å². The van der Waals surface area contributed by atoms with Gasteiger partial charge in [-0.25, -0.2) is 0 Å². The van der Waals surface area contributed by atoms with Gasteiger partial charge in [0.2, 0.25) is 0 Å². The lowest BCUT2D eigenvalue weighted by Gasteiger charge is -2.33. The lowest BCUT2D eigenvalue weighted by Crippen LogP contribution is -2.46. The van der Waals surface area contributed by atoms with Crippen LogP contribution in [0.5, 0.6) is 0 Å². The van der Waals surface area contributed by atoms with Crippen LogP contribution in [0, 0.1) is 0 Å². The summed E-state index contributed by atoms with van der Waals surface area (Å²) < 4.78 is 0. The van der Waals surface area contributed by atoms with Gasteiger partial charge in [0.25, 0.3) is 0 Å². The average Bonchev–Trinajstić information content (AvgIpc) is 2.20. The van der Waals surface area contributed by atoms with E-state index >= 15 is 0 Å². The number of thioether (sulfide) groups is 1. The van der Waals surface area contributed by atoms with Crippen LogP contribution in [-0.4, -0.2) is 34.8 Å². The maximum absolute atomic E-state index is 10.2. The van der Waals surface area contributed by atoms with Crippen LogP contribution in [0.2, 0.25) is 0 Å². The minimum absolute atomic E-state index is 0.423. The summed E-state index contributed by atoms with van der Waals surface area (Å²) in [5.41, 5.74) is -0.423. The first-order chi connectivity index (χ1) is 6.70. The van der Waals surface area contributed by atoms with Gasteiger partial charge in [-0.2, -0.15) is 11.8 Å². The Morgan fingerprint density at radius 1 is 1.29 bits per heavy atom. The smallest absolute Gasteiger partial charge is 0.0787 e. The van der Waals surface area contributed by atoms with Crippen LogP contribution in [0.1, 0.15) is 39.5 Å². The second-order valence-electron chi connectivity index (χ2n) is 4.23. The van der Waals surface area contributed by atoms with Gasteiger partial charge in [-0.05, 0) is 37.2 Å². The Bertz CT molecular complexity index is 153. The van der Waals surface area contributed by atoms with Crippen LogP contribution < -0.4 is 5.32 Å². The van der Waals surface area contributed by atoms with Crippen molar-refractivity contribution < 1.29 is 5.11 Å². The minimum atomic E-state index is -0.423. The molecule has 2 N–H and O–H groups in total. The van der Waals surface area contributed by atoms with Crippen LogP contribution in [0.15, 0.2) is 0 Å². The molecule has 1 rings (SSSR count). The lowest BCUT2D eigenvalue weighted by molar-refractivity contribution is 0.0293. The molecule has 0 radical (unpaired) electrons. The molecule has 0 aromatic heterocycles. The van der Waals surface area contributed by atoms with Crippen molar-refractivity contribution in [2.24, 2.45) is 0 Å². The Morgan fingerprint density at radius 3 is 2.36 bits per heavy atom. The van der Waals surface area contributed by atoms with E-state index in [0.29, 0.717) is 6.04 Å². The van der Waals surface area contributed by atoms with Gasteiger partial charge >= 0.3 is 0 Å². The summed E-state index contributed by atoms with van der Waals surface area (Å²) in [6, 6.07) is 0.577. The van der Waals surface area contributed by atoms with E-state index in [4.69, 9.17) is 0 Å². The van der Waals surface area contributed by atoms with Crippen molar-refractivity contribution in [3.05, 3.63) is 0 Å². The Hall–Kier alpha value is 0.270. The summed E-state index contributed by atoms with van der Waals surface area (Å²) in [5, 5.41) is 13.7. The van der Waals surface area contributed by atoms with Gasteiger partial charge in [-0.1, -0.05) is 13.8 Å². The predicted octanol–water partition coefficient (Wildman–Crippen LogP) is 2.02. The van der Waals surface area contributed by atoms with Gasteiger partial charge in [0.05, 0.1) is 5.60 Å². The highest BCUT2D eigenvalue weighted by Gasteiger charge is 2.29. The second-order valence-corrected chi connectivity index (χ2v) is 5.46. The third-order valence-electron chi connectivity index (χ3n) is 3.13. The van der Waals surface area contributed by atoms with Gasteiger partial charge in [0.1, 0.15) is 0 Å². The number of hydrogen-bond acceptors (Lipinski definition) is 3. The molecular weight excluding hydrogens is 194 g/mol. The third-order valence-corrected chi connectivity index (χ3v) is 4.11. The fourth-order valence-electron chi connectivity index (χ4n) is 1.84. The van der Waals surface area contributed by atoms with Crippen molar-refractivity contribution in [2.75, 3.05) is 18.1 Å². The highest BCUT2D eigenvalue weighted by atomic mass is 32.2. The molecule has 1 saturated heterocycles. The Balaban J connectivity index is 2.27. The molecular formula is C11H23NOS. The fourth-order valence-corrected chi connectivity index (χ4v) is 3.09. The van der Waals surface area contributed by atoms with E-state index in [1.165, 1.54) is 0 Å². The first-order valence-electron chi connectivity index (χ1n) is 5.73. The van der Waals surface area contributed by atoms with Crippen molar-refractivity contribution in [1.82, 2.24) is 5.32 Å². The molecule has 0 aromatic rings. The van der Waals surface area contributed by atoms with E-state index in [1.807, 2.05) is 11.8 Å². The van der Waals surface area contributed by atoms with Crippen molar-refractivity contribution in [3.63, 3.8) is 0 Å². The summed E-state index contributed by atoms with van der Waals surface area (Å²) in [7, 11) is 0. The number of rotatable bonds is 5. The Kier molecular flexibility index (Phi) is 5.28. The third kappa shape index (κ3) is 3.79. The number of hydrogen-bond donors (Lipinski definition) is 2. The maximum Gasteiger partial charge on any atom is 0.0787 e. The normalized spacial score (nSPS) is 21.4. The summed E-state index contributed by atoms with van der Waals surface area (Å²) in [6.45, 7) is 5.17. The van der Waals surface area contributed by atoms with Gasteiger partial charge < -0.3 is 10.4 Å². The molecule has 0 aliphatic carbocycles. The number of nitrogens with one attached hydrogen (secondary N) is 1. The minimum Gasteiger partial charge on any atom is -0.389 e. The first kappa shape index (κ1) is 12.3. The van der Waals surface area contributed by atoms with E-state index < -0.39 is 5.60 Å². The molecule has 2 nitrogen and oxygen atoms in total. The van der Waals surface area contributed by atoms with Crippen molar-refractivity contribution >= 4 is 11.8 Å². The standard InChI is InChI=1S/C11H23NOS/c1-3-10(4-2)12-9-11(13)5-7-14-8-6-11/h10,12-13H,3-9H2,1-2H3. The molecule has 0 saturated carbocycles.